The van der Waals surface area contributed by atoms with Crippen LogP contribution >= 0.6 is 0 Å². The van der Waals surface area contributed by atoms with Crippen LogP contribution in [0.2, 0.25) is 0 Å². The van der Waals surface area contributed by atoms with E-state index in [1.165, 1.54) is 0 Å². The van der Waals surface area contributed by atoms with E-state index in [1.54, 1.807) is 0 Å². The average molecular weight is 206 g/mol. The second-order valence-electron chi connectivity index (χ2n) is 3.85. The molecule has 0 fully saturated rings. The SMILES string of the molecule is CC(N)CNC(=O)C(C)c1ccccc1. The summed E-state index contributed by atoms with van der Waals surface area (Å²) in [5, 5.41) is 2.82. The molecular formula is C12H18N2O. The van der Waals surface area contributed by atoms with Crippen molar-refractivity contribution in [2.24, 2.45) is 5.73 Å². The van der Waals surface area contributed by atoms with Gasteiger partial charge < -0.3 is 11.1 Å². The van der Waals surface area contributed by atoms with Gasteiger partial charge in [0.05, 0.1) is 5.92 Å². The zero-order valence-corrected chi connectivity index (χ0v) is 9.23. The average Bonchev–Trinajstić information content (AvgIpc) is 2.26. The summed E-state index contributed by atoms with van der Waals surface area (Å²) >= 11 is 0. The van der Waals surface area contributed by atoms with Gasteiger partial charge in [-0.15, -0.1) is 0 Å². The van der Waals surface area contributed by atoms with Crippen LogP contribution in [0.1, 0.15) is 25.3 Å². The van der Waals surface area contributed by atoms with E-state index < -0.39 is 0 Å². The fourth-order valence-corrected chi connectivity index (χ4v) is 1.31. The molecule has 3 N–H and O–H groups in total. The largest absolute Gasteiger partial charge is 0.354 e. The third-order valence-electron chi connectivity index (χ3n) is 2.29. The van der Waals surface area contributed by atoms with Gasteiger partial charge in [-0.3, -0.25) is 4.79 Å². The second-order valence-corrected chi connectivity index (χ2v) is 3.85. The molecule has 0 radical (unpaired) electrons. The van der Waals surface area contributed by atoms with Gasteiger partial charge in [0.15, 0.2) is 0 Å². The van der Waals surface area contributed by atoms with Gasteiger partial charge in [0, 0.05) is 12.6 Å². The van der Waals surface area contributed by atoms with Gasteiger partial charge in [-0.05, 0) is 19.4 Å². The van der Waals surface area contributed by atoms with Crippen LogP contribution in [0.5, 0.6) is 0 Å². The lowest BCUT2D eigenvalue weighted by atomic mass is 10.0. The summed E-state index contributed by atoms with van der Waals surface area (Å²) in [5.74, 6) is -0.0940. The van der Waals surface area contributed by atoms with Crippen LogP contribution in [-0.4, -0.2) is 18.5 Å². The lowest BCUT2D eigenvalue weighted by Crippen LogP contribution is -2.37. The topological polar surface area (TPSA) is 55.1 Å². The molecule has 3 heteroatoms. The van der Waals surface area contributed by atoms with Crippen molar-refractivity contribution in [2.75, 3.05) is 6.54 Å². The maximum atomic E-state index is 11.7. The molecule has 0 spiro atoms. The van der Waals surface area contributed by atoms with Crippen LogP contribution in [-0.2, 0) is 4.79 Å². The normalized spacial score (nSPS) is 14.3. The van der Waals surface area contributed by atoms with E-state index in [-0.39, 0.29) is 17.9 Å². The van der Waals surface area contributed by atoms with Crippen LogP contribution in [0, 0.1) is 0 Å². The fraction of sp³-hybridized carbons (Fsp3) is 0.417. The molecule has 2 unspecified atom stereocenters. The number of benzene rings is 1. The highest BCUT2D eigenvalue weighted by atomic mass is 16.1. The first-order valence-electron chi connectivity index (χ1n) is 5.19. The summed E-state index contributed by atoms with van der Waals surface area (Å²) in [6.07, 6.45) is 0. The molecule has 1 rings (SSSR count). The Morgan fingerprint density at radius 3 is 2.47 bits per heavy atom. The minimum Gasteiger partial charge on any atom is -0.354 e. The third kappa shape index (κ3) is 3.72. The number of carbonyl (C=O) groups is 1. The minimum absolute atomic E-state index is 0.00285. The highest BCUT2D eigenvalue weighted by Crippen LogP contribution is 2.13. The molecule has 0 heterocycles. The highest BCUT2D eigenvalue weighted by molar-refractivity contribution is 5.83. The Morgan fingerprint density at radius 1 is 1.33 bits per heavy atom. The van der Waals surface area contributed by atoms with Crippen molar-refractivity contribution in [1.29, 1.82) is 0 Å². The molecule has 1 amide bonds. The van der Waals surface area contributed by atoms with Gasteiger partial charge >= 0.3 is 0 Å². The van der Waals surface area contributed by atoms with Gasteiger partial charge in [0.25, 0.3) is 0 Å². The second kappa shape index (κ2) is 5.51. The number of amides is 1. The zero-order chi connectivity index (χ0) is 11.3. The van der Waals surface area contributed by atoms with Crippen molar-refractivity contribution in [2.45, 2.75) is 25.8 Å². The molecule has 0 bridgehead atoms. The summed E-state index contributed by atoms with van der Waals surface area (Å²) in [6.45, 7) is 4.29. The summed E-state index contributed by atoms with van der Waals surface area (Å²) in [6, 6.07) is 9.72. The van der Waals surface area contributed by atoms with Crippen LogP contribution in [0.3, 0.4) is 0 Å². The monoisotopic (exact) mass is 206 g/mol. The molecule has 0 saturated carbocycles. The molecule has 3 nitrogen and oxygen atoms in total. The number of hydrogen-bond acceptors (Lipinski definition) is 2. The van der Waals surface area contributed by atoms with E-state index >= 15 is 0 Å². The minimum atomic E-state index is -0.120. The maximum Gasteiger partial charge on any atom is 0.227 e. The van der Waals surface area contributed by atoms with Gasteiger partial charge in [-0.2, -0.15) is 0 Å². The summed E-state index contributed by atoms with van der Waals surface area (Å²) in [5.41, 5.74) is 6.59. The molecule has 82 valence electrons. The molecule has 15 heavy (non-hydrogen) atoms. The van der Waals surface area contributed by atoms with Crippen molar-refractivity contribution in [1.82, 2.24) is 5.32 Å². The van der Waals surface area contributed by atoms with E-state index in [9.17, 15) is 4.79 Å². The third-order valence-corrected chi connectivity index (χ3v) is 2.29. The van der Waals surface area contributed by atoms with Gasteiger partial charge in [-0.25, -0.2) is 0 Å². The van der Waals surface area contributed by atoms with Crippen LogP contribution in [0.25, 0.3) is 0 Å². The molecule has 0 saturated heterocycles. The Kier molecular flexibility index (Phi) is 4.31. The smallest absolute Gasteiger partial charge is 0.227 e. The first kappa shape index (κ1) is 11.7. The fourth-order valence-electron chi connectivity index (χ4n) is 1.31. The van der Waals surface area contributed by atoms with E-state index in [0.29, 0.717) is 6.54 Å². The van der Waals surface area contributed by atoms with Crippen LogP contribution in [0.15, 0.2) is 30.3 Å². The predicted molar refractivity (Wildman–Crippen MR) is 61.5 cm³/mol. The van der Waals surface area contributed by atoms with Crippen molar-refractivity contribution >= 4 is 5.91 Å². The van der Waals surface area contributed by atoms with Crippen molar-refractivity contribution in [3.05, 3.63) is 35.9 Å². The number of hydrogen-bond donors (Lipinski definition) is 2. The van der Waals surface area contributed by atoms with E-state index in [1.807, 2.05) is 44.2 Å². The van der Waals surface area contributed by atoms with E-state index in [4.69, 9.17) is 5.73 Å². The Labute approximate surface area is 90.7 Å². The molecule has 0 aliphatic carbocycles. The first-order valence-corrected chi connectivity index (χ1v) is 5.19. The molecule has 1 aromatic carbocycles. The number of nitrogens with one attached hydrogen (secondary N) is 1. The quantitative estimate of drug-likeness (QED) is 0.779. The van der Waals surface area contributed by atoms with Crippen LogP contribution in [0.4, 0.5) is 0 Å². The van der Waals surface area contributed by atoms with E-state index in [0.717, 1.165) is 5.56 Å². The van der Waals surface area contributed by atoms with Gasteiger partial charge in [0.1, 0.15) is 0 Å². The Morgan fingerprint density at radius 2 is 1.93 bits per heavy atom. The van der Waals surface area contributed by atoms with Crippen LogP contribution < -0.4 is 11.1 Å². The van der Waals surface area contributed by atoms with Crippen molar-refractivity contribution in [3.63, 3.8) is 0 Å². The Bertz CT molecular complexity index is 309. The zero-order valence-electron chi connectivity index (χ0n) is 9.23. The number of rotatable bonds is 4. The van der Waals surface area contributed by atoms with Gasteiger partial charge in [0.2, 0.25) is 5.91 Å². The highest BCUT2D eigenvalue weighted by Gasteiger charge is 2.14. The lowest BCUT2D eigenvalue weighted by molar-refractivity contribution is -0.122. The molecule has 1 aromatic rings. The molecular weight excluding hydrogens is 188 g/mol. The van der Waals surface area contributed by atoms with E-state index in [2.05, 4.69) is 5.32 Å². The Hall–Kier alpha value is -1.35. The molecule has 0 aliphatic rings. The standard InChI is InChI=1S/C12H18N2O/c1-9(13)8-14-12(15)10(2)11-6-4-3-5-7-11/h3-7,9-10H,8,13H2,1-2H3,(H,14,15). The molecule has 0 aromatic heterocycles. The van der Waals surface area contributed by atoms with Crippen molar-refractivity contribution in [3.8, 4) is 0 Å². The Balaban J connectivity index is 2.54. The van der Waals surface area contributed by atoms with Gasteiger partial charge in [-0.1, -0.05) is 30.3 Å². The maximum absolute atomic E-state index is 11.7. The number of carbonyl (C=O) groups excluding carboxylic acids is 1. The first-order chi connectivity index (χ1) is 7.11. The summed E-state index contributed by atoms with van der Waals surface area (Å²) in [4.78, 5) is 11.7. The van der Waals surface area contributed by atoms with Crippen molar-refractivity contribution < 1.29 is 4.79 Å². The number of nitrogens with two attached hydrogens (primary N) is 1. The predicted octanol–water partition coefficient (Wildman–Crippen LogP) is 1.25. The summed E-state index contributed by atoms with van der Waals surface area (Å²) < 4.78 is 0. The molecule has 0 aliphatic heterocycles. The molecule has 2 atom stereocenters. The summed E-state index contributed by atoms with van der Waals surface area (Å²) in [7, 11) is 0. The lowest BCUT2D eigenvalue weighted by Gasteiger charge is -2.13.